The molecule has 1 aromatic heterocycles. The van der Waals surface area contributed by atoms with Crippen LogP contribution in [0.4, 0.5) is 0 Å². The molecule has 0 saturated carbocycles. The van der Waals surface area contributed by atoms with Crippen LogP contribution in [0.15, 0.2) is 34.5 Å². The highest BCUT2D eigenvalue weighted by atomic mass is 32.3. The molecular weight excluding hydrogens is 268 g/mol. The third-order valence-corrected chi connectivity index (χ3v) is 5.06. The third kappa shape index (κ3) is 2.91. The number of thiophene rings is 1. The van der Waals surface area contributed by atoms with Gasteiger partial charge in [0.25, 0.3) is 0 Å². The zero-order chi connectivity index (χ0) is 13.3. The molecule has 0 spiro atoms. The molecule has 0 radical (unpaired) electrons. The van der Waals surface area contributed by atoms with E-state index in [2.05, 4.69) is 0 Å². The van der Waals surface area contributed by atoms with Crippen molar-refractivity contribution in [3.05, 3.63) is 46.3 Å². The molecule has 3 nitrogen and oxygen atoms in total. The summed E-state index contributed by atoms with van der Waals surface area (Å²) in [5, 5.41) is 0. The van der Waals surface area contributed by atoms with Crippen LogP contribution in [0.1, 0.15) is 16.0 Å². The van der Waals surface area contributed by atoms with Gasteiger partial charge < -0.3 is 4.18 Å². The van der Waals surface area contributed by atoms with Gasteiger partial charge in [-0.05, 0) is 56.2 Å². The highest BCUT2D eigenvalue weighted by molar-refractivity contribution is 7.89. The van der Waals surface area contributed by atoms with Crippen LogP contribution in [0.3, 0.4) is 0 Å². The van der Waals surface area contributed by atoms with Gasteiger partial charge in [-0.2, -0.15) is 8.42 Å². The predicted molar refractivity (Wildman–Crippen MR) is 72.8 cm³/mol. The Morgan fingerprint density at radius 2 is 1.61 bits per heavy atom. The molecular formula is C13H14O3S2. The number of hydrogen-bond acceptors (Lipinski definition) is 4. The molecule has 96 valence electrons. The lowest BCUT2D eigenvalue weighted by atomic mass is 10.1. The van der Waals surface area contributed by atoms with Crippen molar-refractivity contribution in [2.24, 2.45) is 0 Å². The van der Waals surface area contributed by atoms with Gasteiger partial charge in [0.1, 0.15) is 5.75 Å². The Kier molecular flexibility index (Phi) is 3.45. The Morgan fingerprint density at radius 3 is 2.11 bits per heavy atom. The lowest BCUT2D eigenvalue weighted by Gasteiger charge is -2.07. The first-order chi connectivity index (χ1) is 8.37. The normalized spacial score (nSPS) is 11.5. The molecule has 0 saturated heterocycles. The molecule has 0 aliphatic rings. The maximum Gasteiger partial charge on any atom is 0.348 e. The number of hydrogen-bond donors (Lipinski definition) is 0. The zero-order valence-corrected chi connectivity index (χ0v) is 12.1. The summed E-state index contributed by atoms with van der Waals surface area (Å²) in [6.07, 6.45) is 0. The molecule has 0 aliphatic carbocycles. The Balaban J connectivity index is 2.33. The van der Waals surface area contributed by atoms with Gasteiger partial charge in [-0.3, -0.25) is 0 Å². The van der Waals surface area contributed by atoms with E-state index in [1.807, 2.05) is 26.8 Å². The van der Waals surface area contributed by atoms with E-state index in [-0.39, 0.29) is 4.21 Å². The summed E-state index contributed by atoms with van der Waals surface area (Å²) < 4.78 is 29.4. The van der Waals surface area contributed by atoms with E-state index in [1.165, 1.54) is 11.3 Å². The Labute approximate surface area is 111 Å². The molecule has 0 aliphatic heterocycles. The van der Waals surface area contributed by atoms with Gasteiger partial charge in [-0.15, -0.1) is 11.3 Å². The summed E-state index contributed by atoms with van der Waals surface area (Å²) >= 11 is 1.21. The molecule has 0 amide bonds. The monoisotopic (exact) mass is 282 g/mol. The van der Waals surface area contributed by atoms with Crippen molar-refractivity contribution in [3.63, 3.8) is 0 Å². The van der Waals surface area contributed by atoms with Gasteiger partial charge in [0, 0.05) is 4.88 Å². The summed E-state index contributed by atoms with van der Waals surface area (Å²) in [6, 6.07) is 8.73. The van der Waals surface area contributed by atoms with Gasteiger partial charge in [0.2, 0.25) is 0 Å². The quantitative estimate of drug-likeness (QED) is 0.810. The van der Waals surface area contributed by atoms with Crippen LogP contribution in [0.2, 0.25) is 0 Å². The average molecular weight is 282 g/mol. The molecule has 2 rings (SSSR count). The first kappa shape index (κ1) is 13.1. The maximum atomic E-state index is 12.0. The zero-order valence-electron chi connectivity index (χ0n) is 10.4. The molecule has 1 aromatic carbocycles. The molecule has 0 fully saturated rings. The van der Waals surface area contributed by atoms with E-state index < -0.39 is 10.1 Å². The Bertz CT molecular complexity index is 649. The second-order valence-electron chi connectivity index (χ2n) is 4.23. The van der Waals surface area contributed by atoms with Gasteiger partial charge in [0.15, 0.2) is 4.21 Å². The fourth-order valence-electron chi connectivity index (χ4n) is 1.70. The molecule has 0 N–H and O–H groups in total. The minimum Gasteiger partial charge on any atom is -0.378 e. The summed E-state index contributed by atoms with van der Waals surface area (Å²) in [6.45, 7) is 5.67. The van der Waals surface area contributed by atoms with Crippen LogP contribution in [0.5, 0.6) is 5.75 Å². The van der Waals surface area contributed by atoms with Crippen LogP contribution in [-0.2, 0) is 10.1 Å². The summed E-state index contributed by atoms with van der Waals surface area (Å²) in [4.78, 5) is 0.942. The fourth-order valence-corrected chi connectivity index (χ4v) is 3.86. The van der Waals surface area contributed by atoms with E-state index in [0.29, 0.717) is 5.75 Å². The lowest BCUT2D eigenvalue weighted by Crippen LogP contribution is -2.08. The first-order valence-corrected chi connectivity index (χ1v) is 7.68. The van der Waals surface area contributed by atoms with Crippen molar-refractivity contribution >= 4 is 21.5 Å². The van der Waals surface area contributed by atoms with Gasteiger partial charge in [-0.25, -0.2) is 0 Å². The van der Waals surface area contributed by atoms with Crippen molar-refractivity contribution in [1.82, 2.24) is 0 Å². The van der Waals surface area contributed by atoms with Crippen LogP contribution >= 0.6 is 11.3 Å². The minimum absolute atomic E-state index is 0.235. The highest BCUT2D eigenvalue weighted by Crippen LogP contribution is 2.25. The van der Waals surface area contributed by atoms with Gasteiger partial charge in [-0.1, -0.05) is 6.07 Å². The molecule has 0 unspecified atom stereocenters. The minimum atomic E-state index is -3.71. The molecule has 5 heteroatoms. The van der Waals surface area contributed by atoms with Crippen LogP contribution in [0, 0.1) is 20.8 Å². The van der Waals surface area contributed by atoms with E-state index >= 15 is 0 Å². The second kappa shape index (κ2) is 4.74. The predicted octanol–water partition coefficient (Wildman–Crippen LogP) is 3.44. The molecule has 0 atom stereocenters. The SMILES string of the molecule is Cc1cc(C)cc(OS(=O)(=O)c2ccc(C)s2)c1. The smallest absolute Gasteiger partial charge is 0.348 e. The Morgan fingerprint density at radius 1 is 1.00 bits per heavy atom. The number of aryl methyl sites for hydroxylation is 3. The third-order valence-electron chi connectivity index (χ3n) is 2.36. The van der Waals surface area contributed by atoms with Crippen molar-refractivity contribution in [2.45, 2.75) is 25.0 Å². The van der Waals surface area contributed by atoms with E-state index in [4.69, 9.17) is 4.18 Å². The summed E-state index contributed by atoms with van der Waals surface area (Å²) in [7, 11) is -3.71. The van der Waals surface area contributed by atoms with E-state index in [0.717, 1.165) is 16.0 Å². The summed E-state index contributed by atoms with van der Waals surface area (Å²) in [5.41, 5.74) is 1.95. The van der Waals surface area contributed by atoms with Crippen LogP contribution in [-0.4, -0.2) is 8.42 Å². The van der Waals surface area contributed by atoms with E-state index in [9.17, 15) is 8.42 Å². The average Bonchev–Trinajstić information content (AvgIpc) is 2.62. The maximum absolute atomic E-state index is 12.0. The molecule has 0 bridgehead atoms. The van der Waals surface area contributed by atoms with Crippen molar-refractivity contribution < 1.29 is 12.6 Å². The first-order valence-electron chi connectivity index (χ1n) is 5.46. The standard InChI is InChI=1S/C13H14O3S2/c1-9-6-10(2)8-12(7-9)16-18(14,15)13-5-4-11(3)17-13/h4-8H,1-3H3. The van der Waals surface area contributed by atoms with Crippen molar-refractivity contribution in [1.29, 1.82) is 0 Å². The molecule has 1 heterocycles. The Hall–Kier alpha value is -1.33. The van der Waals surface area contributed by atoms with E-state index in [1.54, 1.807) is 24.3 Å². The second-order valence-corrected chi connectivity index (χ2v) is 7.29. The molecule has 18 heavy (non-hydrogen) atoms. The lowest BCUT2D eigenvalue weighted by molar-refractivity contribution is 0.488. The fraction of sp³-hybridized carbons (Fsp3) is 0.231. The van der Waals surface area contributed by atoms with Crippen LogP contribution < -0.4 is 4.18 Å². The topological polar surface area (TPSA) is 43.4 Å². The molecule has 2 aromatic rings. The highest BCUT2D eigenvalue weighted by Gasteiger charge is 2.18. The van der Waals surface area contributed by atoms with Gasteiger partial charge in [0.05, 0.1) is 0 Å². The van der Waals surface area contributed by atoms with Crippen molar-refractivity contribution in [2.75, 3.05) is 0 Å². The van der Waals surface area contributed by atoms with Crippen LogP contribution in [0.25, 0.3) is 0 Å². The number of rotatable bonds is 3. The number of benzene rings is 1. The summed E-state index contributed by atoms with van der Waals surface area (Å²) in [5.74, 6) is 0.360. The van der Waals surface area contributed by atoms with Gasteiger partial charge >= 0.3 is 10.1 Å². The van der Waals surface area contributed by atoms with Crippen molar-refractivity contribution in [3.8, 4) is 5.75 Å². The largest absolute Gasteiger partial charge is 0.378 e.